The molecule has 0 bridgehead atoms. The Morgan fingerprint density at radius 3 is 2.29 bits per heavy atom. The molecular weight excluding hydrogens is 131 g/mol. The molecular formula is C5H10Cl2. The fourth-order valence-corrected chi connectivity index (χ4v) is 0.667. The van der Waals surface area contributed by atoms with Gasteiger partial charge in [-0.2, -0.15) is 0 Å². The standard InChI is InChI=1S/C5H10Cl2/c1-5(7)3-2-4-6/h5H,2-4H2,1H3/t5-/m0/s1. The summed E-state index contributed by atoms with van der Waals surface area (Å²) in [5.74, 6) is 0.733. The highest BCUT2D eigenvalue weighted by Gasteiger charge is 1.91. The van der Waals surface area contributed by atoms with Crippen LogP contribution in [0.3, 0.4) is 0 Å². The Morgan fingerprint density at radius 1 is 1.57 bits per heavy atom. The van der Waals surface area contributed by atoms with Crippen LogP contribution < -0.4 is 0 Å². The number of halogens is 2. The molecule has 0 amide bonds. The highest BCUT2D eigenvalue weighted by Crippen LogP contribution is 2.03. The quantitative estimate of drug-likeness (QED) is 0.530. The van der Waals surface area contributed by atoms with Crippen molar-refractivity contribution in [3.05, 3.63) is 0 Å². The van der Waals surface area contributed by atoms with Crippen molar-refractivity contribution in [3.63, 3.8) is 0 Å². The normalized spacial score (nSPS) is 14.1. The van der Waals surface area contributed by atoms with E-state index in [9.17, 15) is 0 Å². The van der Waals surface area contributed by atoms with Gasteiger partial charge >= 0.3 is 0 Å². The SMILES string of the molecule is C[C@H](Cl)CCCCl. The fourth-order valence-electron chi connectivity index (χ4n) is 0.358. The highest BCUT2D eigenvalue weighted by molar-refractivity contribution is 6.20. The van der Waals surface area contributed by atoms with E-state index >= 15 is 0 Å². The molecule has 0 heterocycles. The Kier molecular flexibility index (Phi) is 5.12. The third-order valence-corrected chi connectivity index (χ3v) is 1.22. The molecule has 0 aliphatic carbocycles. The van der Waals surface area contributed by atoms with Gasteiger partial charge in [0.25, 0.3) is 0 Å². The molecule has 0 rings (SSSR count). The van der Waals surface area contributed by atoms with Gasteiger partial charge in [0.05, 0.1) is 0 Å². The van der Waals surface area contributed by atoms with Crippen LogP contribution in [0, 0.1) is 0 Å². The van der Waals surface area contributed by atoms with Gasteiger partial charge in [-0.25, -0.2) is 0 Å². The number of alkyl halides is 2. The summed E-state index contributed by atoms with van der Waals surface area (Å²) in [7, 11) is 0. The van der Waals surface area contributed by atoms with Crippen molar-refractivity contribution in [3.8, 4) is 0 Å². The lowest BCUT2D eigenvalue weighted by molar-refractivity contribution is 0.784. The van der Waals surface area contributed by atoms with Gasteiger partial charge in [-0.15, -0.1) is 23.2 Å². The maximum Gasteiger partial charge on any atom is 0.0308 e. The summed E-state index contributed by atoms with van der Waals surface area (Å²) in [6.07, 6.45) is 2.07. The van der Waals surface area contributed by atoms with E-state index in [1.807, 2.05) is 6.92 Å². The van der Waals surface area contributed by atoms with Gasteiger partial charge in [-0.05, 0) is 19.8 Å². The lowest BCUT2D eigenvalue weighted by atomic mass is 10.3. The second-order valence-corrected chi connectivity index (χ2v) is 2.73. The first-order valence-electron chi connectivity index (χ1n) is 2.47. The van der Waals surface area contributed by atoms with Crippen molar-refractivity contribution in [2.75, 3.05) is 5.88 Å². The minimum atomic E-state index is 0.291. The Bertz CT molecular complexity index is 35.1. The van der Waals surface area contributed by atoms with Crippen molar-refractivity contribution in [2.45, 2.75) is 25.1 Å². The summed E-state index contributed by atoms with van der Waals surface area (Å²) in [4.78, 5) is 0. The fraction of sp³-hybridized carbons (Fsp3) is 1.00. The van der Waals surface area contributed by atoms with Crippen LogP contribution in [0.25, 0.3) is 0 Å². The molecule has 0 aromatic carbocycles. The van der Waals surface area contributed by atoms with Crippen LogP contribution in [0.2, 0.25) is 0 Å². The molecule has 0 fully saturated rings. The summed E-state index contributed by atoms with van der Waals surface area (Å²) in [6.45, 7) is 1.98. The van der Waals surface area contributed by atoms with E-state index in [4.69, 9.17) is 23.2 Å². The Morgan fingerprint density at radius 2 is 2.14 bits per heavy atom. The Hall–Kier alpha value is 0.580. The summed E-state index contributed by atoms with van der Waals surface area (Å²) < 4.78 is 0. The molecule has 0 aliphatic rings. The smallest absolute Gasteiger partial charge is 0.0308 e. The lowest BCUT2D eigenvalue weighted by Crippen LogP contribution is -1.89. The molecule has 1 atom stereocenters. The molecule has 0 unspecified atom stereocenters. The summed E-state index contributed by atoms with van der Waals surface area (Å²) in [6, 6.07) is 0. The molecule has 0 aromatic rings. The maximum absolute atomic E-state index is 5.60. The molecule has 0 aliphatic heterocycles. The topological polar surface area (TPSA) is 0 Å². The monoisotopic (exact) mass is 140 g/mol. The first-order valence-corrected chi connectivity index (χ1v) is 3.44. The van der Waals surface area contributed by atoms with E-state index < -0.39 is 0 Å². The van der Waals surface area contributed by atoms with E-state index in [-0.39, 0.29) is 0 Å². The highest BCUT2D eigenvalue weighted by atomic mass is 35.5. The van der Waals surface area contributed by atoms with Crippen LogP contribution >= 0.6 is 23.2 Å². The second-order valence-electron chi connectivity index (χ2n) is 1.61. The van der Waals surface area contributed by atoms with Crippen LogP contribution in [0.1, 0.15) is 19.8 Å². The first-order chi connectivity index (χ1) is 3.27. The van der Waals surface area contributed by atoms with Crippen LogP contribution in [0.5, 0.6) is 0 Å². The molecule has 0 aromatic heterocycles. The van der Waals surface area contributed by atoms with Crippen LogP contribution in [0.15, 0.2) is 0 Å². The van der Waals surface area contributed by atoms with E-state index in [0.29, 0.717) is 5.38 Å². The average molecular weight is 141 g/mol. The molecule has 0 spiro atoms. The average Bonchev–Trinajstić information content (AvgIpc) is 1.61. The van der Waals surface area contributed by atoms with Gasteiger partial charge in [-0.1, -0.05) is 0 Å². The van der Waals surface area contributed by atoms with Crippen molar-refractivity contribution in [2.24, 2.45) is 0 Å². The molecule has 0 nitrogen and oxygen atoms in total. The maximum atomic E-state index is 5.60. The minimum absolute atomic E-state index is 0.291. The van der Waals surface area contributed by atoms with Gasteiger partial charge in [0.15, 0.2) is 0 Å². The predicted octanol–water partition coefficient (Wildman–Crippen LogP) is 2.63. The molecule has 0 saturated carbocycles. The van der Waals surface area contributed by atoms with Gasteiger partial charge in [0.2, 0.25) is 0 Å². The third kappa shape index (κ3) is 6.58. The Balaban J connectivity index is 2.68. The Labute approximate surface area is 54.8 Å². The molecule has 2 heteroatoms. The molecule has 7 heavy (non-hydrogen) atoms. The summed E-state index contributed by atoms with van der Waals surface area (Å²) >= 11 is 11.0. The zero-order valence-electron chi connectivity index (χ0n) is 4.45. The number of rotatable bonds is 3. The van der Waals surface area contributed by atoms with Gasteiger partial charge in [0.1, 0.15) is 0 Å². The van der Waals surface area contributed by atoms with Gasteiger partial charge in [0, 0.05) is 11.3 Å². The van der Waals surface area contributed by atoms with Crippen LogP contribution in [-0.2, 0) is 0 Å². The zero-order chi connectivity index (χ0) is 5.70. The van der Waals surface area contributed by atoms with Gasteiger partial charge in [-0.3, -0.25) is 0 Å². The van der Waals surface area contributed by atoms with Gasteiger partial charge < -0.3 is 0 Å². The van der Waals surface area contributed by atoms with Crippen molar-refractivity contribution >= 4 is 23.2 Å². The number of hydrogen-bond acceptors (Lipinski definition) is 0. The molecule has 0 radical (unpaired) electrons. The second kappa shape index (κ2) is 4.73. The van der Waals surface area contributed by atoms with E-state index in [1.54, 1.807) is 0 Å². The summed E-state index contributed by atoms with van der Waals surface area (Å²) in [5.41, 5.74) is 0. The van der Waals surface area contributed by atoms with Crippen LogP contribution in [-0.4, -0.2) is 11.3 Å². The van der Waals surface area contributed by atoms with E-state index in [0.717, 1.165) is 18.7 Å². The largest absolute Gasteiger partial charge is 0.127 e. The minimum Gasteiger partial charge on any atom is -0.127 e. The van der Waals surface area contributed by atoms with Crippen molar-refractivity contribution < 1.29 is 0 Å². The molecule has 0 saturated heterocycles. The van der Waals surface area contributed by atoms with Crippen molar-refractivity contribution in [1.29, 1.82) is 0 Å². The lowest BCUT2D eigenvalue weighted by Gasteiger charge is -1.95. The first kappa shape index (κ1) is 7.58. The van der Waals surface area contributed by atoms with Crippen molar-refractivity contribution in [1.82, 2.24) is 0 Å². The predicted molar refractivity (Wildman–Crippen MR) is 35.3 cm³/mol. The van der Waals surface area contributed by atoms with E-state index in [1.165, 1.54) is 0 Å². The van der Waals surface area contributed by atoms with Crippen LogP contribution in [0.4, 0.5) is 0 Å². The zero-order valence-corrected chi connectivity index (χ0v) is 5.97. The number of hydrogen-bond donors (Lipinski definition) is 0. The summed E-state index contributed by atoms with van der Waals surface area (Å²) in [5, 5.41) is 0.291. The third-order valence-electron chi connectivity index (χ3n) is 0.736. The van der Waals surface area contributed by atoms with E-state index in [2.05, 4.69) is 0 Å². The molecule has 44 valence electrons. The molecule has 0 N–H and O–H groups in total.